The monoisotopic (exact) mass is 365 g/mol. The van der Waals surface area contributed by atoms with Gasteiger partial charge in [-0.3, -0.25) is 9.59 Å². The van der Waals surface area contributed by atoms with Crippen molar-refractivity contribution in [3.8, 4) is 11.5 Å². The molecule has 8 nitrogen and oxygen atoms in total. The summed E-state index contributed by atoms with van der Waals surface area (Å²) in [7, 11) is 0. The average molecular weight is 365 g/mol. The summed E-state index contributed by atoms with van der Waals surface area (Å²) in [6.45, 7) is 2.37. The Morgan fingerprint density at radius 3 is 2.76 bits per heavy atom. The number of carbonyl (C=O) groups is 1. The molecule has 1 aromatic heterocycles. The number of ether oxygens (including phenoxy) is 1. The molecule has 2 aromatic rings. The highest BCUT2D eigenvalue weighted by Gasteiger charge is 2.12. The second-order valence-corrected chi connectivity index (χ2v) is 6.06. The quantitative estimate of drug-likeness (QED) is 0.288. The Kier molecular flexibility index (Phi) is 6.29. The summed E-state index contributed by atoms with van der Waals surface area (Å²) >= 11 is 1.07. The van der Waals surface area contributed by atoms with E-state index in [4.69, 9.17) is 10.5 Å². The van der Waals surface area contributed by atoms with Crippen LogP contribution in [0.2, 0.25) is 0 Å². The van der Waals surface area contributed by atoms with Crippen LogP contribution in [0.15, 0.2) is 34.2 Å². The molecule has 0 fully saturated rings. The Bertz CT molecular complexity index is 822. The van der Waals surface area contributed by atoms with Gasteiger partial charge in [0.15, 0.2) is 16.7 Å². The SMILES string of the molecule is CCOC(=O)CSc1nc(=O)cc(N)n1CCc1ccc(O)c(O)c1. The van der Waals surface area contributed by atoms with Gasteiger partial charge in [0, 0.05) is 12.6 Å². The Labute approximate surface area is 148 Å². The highest BCUT2D eigenvalue weighted by Crippen LogP contribution is 2.25. The maximum absolute atomic E-state index is 11.6. The molecule has 0 saturated heterocycles. The first-order valence-electron chi connectivity index (χ1n) is 7.57. The van der Waals surface area contributed by atoms with E-state index in [1.807, 2.05) is 0 Å². The van der Waals surface area contributed by atoms with Gasteiger partial charge in [0.1, 0.15) is 5.82 Å². The van der Waals surface area contributed by atoms with Gasteiger partial charge in [-0.15, -0.1) is 0 Å². The molecule has 1 heterocycles. The van der Waals surface area contributed by atoms with E-state index in [0.29, 0.717) is 18.1 Å². The number of hydrogen-bond donors (Lipinski definition) is 3. The Morgan fingerprint density at radius 2 is 2.08 bits per heavy atom. The van der Waals surface area contributed by atoms with E-state index in [-0.39, 0.29) is 29.7 Å². The van der Waals surface area contributed by atoms with Crippen molar-refractivity contribution in [1.29, 1.82) is 0 Å². The van der Waals surface area contributed by atoms with Crippen LogP contribution in [0.3, 0.4) is 0 Å². The third-order valence-electron chi connectivity index (χ3n) is 3.31. The lowest BCUT2D eigenvalue weighted by atomic mass is 10.1. The summed E-state index contributed by atoms with van der Waals surface area (Å²) in [5, 5.41) is 19.2. The number of nitrogen functional groups attached to an aromatic ring is 1. The van der Waals surface area contributed by atoms with Crippen LogP contribution in [0.4, 0.5) is 5.82 Å². The predicted molar refractivity (Wildman–Crippen MR) is 93.7 cm³/mol. The lowest BCUT2D eigenvalue weighted by Gasteiger charge is -2.14. The highest BCUT2D eigenvalue weighted by atomic mass is 32.2. The molecule has 0 amide bonds. The molecule has 0 aliphatic rings. The molecule has 0 atom stereocenters. The molecule has 0 saturated carbocycles. The first-order valence-corrected chi connectivity index (χ1v) is 8.56. The van der Waals surface area contributed by atoms with Gasteiger partial charge in [-0.05, 0) is 31.0 Å². The summed E-state index contributed by atoms with van der Waals surface area (Å²) in [4.78, 5) is 27.0. The molecular weight excluding hydrogens is 346 g/mol. The zero-order valence-electron chi connectivity index (χ0n) is 13.6. The van der Waals surface area contributed by atoms with Gasteiger partial charge >= 0.3 is 5.97 Å². The lowest BCUT2D eigenvalue weighted by Crippen LogP contribution is -2.19. The maximum atomic E-state index is 11.6. The molecule has 25 heavy (non-hydrogen) atoms. The molecule has 0 aliphatic heterocycles. The molecule has 0 bridgehead atoms. The molecule has 134 valence electrons. The number of thioether (sulfide) groups is 1. The number of phenolic OH excluding ortho intramolecular Hbond substituents is 2. The van der Waals surface area contributed by atoms with Crippen molar-refractivity contribution in [3.05, 3.63) is 40.2 Å². The number of benzene rings is 1. The predicted octanol–water partition coefficient (Wildman–Crippen LogP) is 1.13. The number of rotatable bonds is 7. The molecule has 0 unspecified atom stereocenters. The van der Waals surface area contributed by atoms with E-state index in [9.17, 15) is 19.8 Å². The van der Waals surface area contributed by atoms with Crippen molar-refractivity contribution in [2.24, 2.45) is 0 Å². The minimum absolute atomic E-state index is 0.0176. The van der Waals surface area contributed by atoms with E-state index in [1.54, 1.807) is 17.6 Å². The van der Waals surface area contributed by atoms with Gasteiger partial charge in [-0.1, -0.05) is 17.8 Å². The fourth-order valence-electron chi connectivity index (χ4n) is 2.13. The van der Waals surface area contributed by atoms with Crippen LogP contribution in [0.25, 0.3) is 0 Å². The number of carbonyl (C=O) groups excluding carboxylic acids is 1. The van der Waals surface area contributed by atoms with Crippen LogP contribution in [0.5, 0.6) is 11.5 Å². The third kappa shape index (κ3) is 5.15. The average Bonchev–Trinajstić information content (AvgIpc) is 2.55. The number of aromatic nitrogens is 2. The fourth-order valence-corrected chi connectivity index (χ4v) is 2.97. The molecule has 1 aromatic carbocycles. The summed E-state index contributed by atoms with van der Waals surface area (Å²) < 4.78 is 6.48. The number of hydrogen-bond acceptors (Lipinski definition) is 8. The van der Waals surface area contributed by atoms with E-state index in [2.05, 4.69) is 4.98 Å². The molecule has 9 heteroatoms. The number of phenols is 2. The number of nitrogens with zero attached hydrogens (tertiary/aromatic N) is 2. The minimum atomic E-state index is -0.484. The number of nitrogens with two attached hydrogens (primary N) is 1. The van der Waals surface area contributed by atoms with Crippen molar-refractivity contribution >= 4 is 23.5 Å². The summed E-state index contributed by atoms with van der Waals surface area (Å²) in [5.41, 5.74) is 6.20. The molecule has 0 radical (unpaired) electrons. The van der Waals surface area contributed by atoms with Crippen molar-refractivity contribution in [1.82, 2.24) is 9.55 Å². The fraction of sp³-hybridized carbons (Fsp3) is 0.312. The molecule has 4 N–H and O–H groups in total. The van der Waals surface area contributed by atoms with Crippen LogP contribution in [-0.2, 0) is 22.5 Å². The Balaban J connectivity index is 2.16. The maximum Gasteiger partial charge on any atom is 0.316 e. The summed E-state index contributed by atoms with van der Waals surface area (Å²) in [6.07, 6.45) is 0.482. The van der Waals surface area contributed by atoms with Crippen LogP contribution >= 0.6 is 11.8 Å². The smallest absolute Gasteiger partial charge is 0.316 e. The zero-order chi connectivity index (χ0) is 18.4. The number of esters is 1. The molecule has 2 rings (SSSR count). The number of aromatic hydroxyl groups is 2. The molecular formula is C16H19N3O5S. The van der Waals surface area contributed by atoms with Crippen molar-refractivity contribution < 1.29 is 19.7 Å². The number of anilines is 1. The summed E-state index contributed by atoms with van der Waals surface area (Å²) in [6, 6.07) is 5.73. The number of aryl methyl sites for hydroxylation is 1. The largest absolute Gasteiger partial charge is 0.504 e. The van der Waals surface area contributed by atoms with E-state index >= 15 is 0 Å². The molecule has 0 aliphatic carbocycles. The van der Waals surface area contributed by atoms with E-state index < -0.39 is 11.5 Å². The minimum Gasteiger partial charge on any atom is -0.504 e. The second-order valence-electron chi connectivity index (χ2n) is 5.12. The topological polar surface area (TPSA) is 128 Å². The van der Waals surface area contributed by atoms with Gasteiger partial charge in [-0.2, -0.15) is 4.98 Å². The first kappa shape index (κ1) is 18.7. The standard InChI is InChI=1S/C16H19N3O5S/c1-2-24-15(23)9-25-16-18-14(22)8-13(17)19(16)6-5-10-3-4-11(20)12(21)7-10/h3-4,7-8,20-21H,2,5-6,9,17H2,1H3. The van der Waals surface area contributed by atoms with Crippen molar-refractivity contribution in [3.63, 3.8) is 0 Å². The van der Waals surface area contributed by atoms with Gasteiger partial charge in [-0.25, -0.2) is 0 Å². The van der Waals surface area contributed by atoms with Crippen LogP contribution in [-0.4, -0.2) is 38.1 Å². The first-order chi connectivity index (χ1) is 11.9. The van der Waals surface area contributed by atoms with Gasteiger partial charge in [0.25, 0.3) is 5.56 Å². The van der Waals surface area contributed by atoms with Crippen LogP contribution < -0.4 is 11.3 Å². The normalized spacial score (nSPS) is 10.6. The zero-order valence-corrected chi connectivity index (χ0v) is 14.5. The second kappa shape index (κ2) is 8.43. The van der Waals surface area contributed by atoms with Crippen molar-refractivity contribution in [2.75, 3.05) is 18.1 Å². The molecule has 0 spiro atoms. The van der Waals surface area contributed by atoms with Crippen LogP contribution in [0, 0.1) is 0 Å². The Morgan fingerprint density at radius 1 is 1.32 bits per heavy atom. The Hall–Kier alpha value is -2.68. The summed E-state index contributed by atoms with van der Waals surface area (Å²) in [5.74, 6) is -0.558. The van der Waals surface area contributed by atoms with Gasteiger partial charge in [0.2, 0.25) is 0 Å². The lowest BCUT2D eigenvalue weighted by molar-refractivity contribution is -0.139. The van der Waals surface area contributed by atoms with E-state index in [0.717, 1.165) is 17.3 Å². The van der Waals surface area contributed by atoms with Gasteiger partial charge < -0.3 is 25.3 Å². The van der Waals surface area contributed by atoms with Crippen molar-refractivity contribution in [2.45, 2.75) is 25.0 Å². The van der Waals surface area contributed by atoms with Crippen LogP contribution in [0.1, 0.15) is 12.5 Å². The third-order valence-corrected chi connectivity index (χ3v) is 4.26. The van der Waals surface area contributed by atoms with Gasteiger partial charge in [0.05, 0.1) is 12.4 Å². The van der Waals surface area contributed by atoms with E-state index in [1.165, 1.54) is 18.2 Å². The highest BCUT2D eigenvalue weighted by molar-refractivity contribution is 7.99.